The van der Waals surface area contributed by atoms with E-state index in [4.69, 9.17) is 0 Å². The van der Waals surface area contributed by atoms with Crippen LogP contribution in [0, 0.1) is 0 Å². The van der Waals surface area contributed by atoms with E-state index < -0.39 is 0 Å². The molecule has 0 radical (unpaired) electrons. The molecule has 0 atom stereocenters. The number of hydrogen-bond acceptors (Lipinski definition) is 4. The predicted octanol–water partition coefficient (Wildman–Crippen LogP) is 0.461. The van der Waals surface area contributed by atoms with E-state index in [0.29, 0.717) is 13.0 Å². The van der Waals surface area contributed by atoms with Gasteiger partial charge < -0.3 is 9.88 Å². The molecule has 2 heterocycles. The highest BCUT2D eigenvalue weighted by Crippen LogP contribution is 1.95. The highest BCUT2D eigenvalue weighted by molar-refractivity contribution is 5.75. The first kappa shape index (κ1) is 13.3. The molecule has 0 unspecified atom stereocenters. The highest BCUT2D eigenvalue weighted by Gasteiger charge is 2.01. The van der Waals surface area contributed by atoms with E-state index in [-0.39, 0.29) is 5.91 Å². The van der Waals surface area contributed by atoms with Gasteiger partial charge in [-0.15, -0.1) is 5.10 Å². The molecule has 0 saturated carbocycles. The molecule has 0 aliphatic carbocycles. The van der Waals surface area contributed by atoms with E-state index in [2.05, 4.69) is 20.6 Å². The van der Waals surface area contributed by atoms with Crippen molar-refractivity contribution in [2.45, 2.75) is 32.4 Å². The minimum Gasteiger partial charge on any atom is -0.356 e. The van der Waals surface area contributed by atoms with E-state index in [1.54, 1.807) is 23.4 Å². The quantitative estimate of drug-likeness (QED) is 0.701. The first-order chi connectivity index (χ1) is 9.34. The number of carbonyl (C=O) groups is 1. The normalized spacial score (nSPS) is 10.5. The Bertz CT molecular complexity index is 464. The fourth-order valence-corrected chi connectivity index (χ4v) is 1.75. The van der Waals surface area contributed by atoms with Crippen LogP contribution < -0.4 is 5.32 Å². The van der Waals surface area contributed by atoms with Crippen LogP contribution in [0.3, 0.4) is 0 Å². The van der Waals surface area contributed by atoms with Crippen LogP contribution in [0.4, 0.5) is 0 Å². The summed E-state index contributed by atoms with van der Waals surface area (Å²) in [6.07, 6.45) is 11.1. The van der Waals surface area contributed by atoms with Crippen LogP contribution in [0.1, 0.15) is 19.3 Å². The molecule has 0 saturated heterocycles. The second-order valence-corrected chi connectivity index (χ2v) is 4.27. The minimum absolute atomic E-state index is 0.0960. The number of nitrogens with one attached hydrogen (secondary N) is 1. The Kier molecular flexibility index (Phi) is 5.09. The summed E-state index contributed by atoms with van der Waals surface area (Å²) >= 11 is 0. The van der Waals surface area contributed by atoms with Gasteiger partial charge in [-0.2, -0.15) is 0 Å². The fraction of sp³-hybridized carbons (Fsp3) is 0.500. The second kappa shape index (κ2) is 7.30. The van der Waals surface area contributed by atoms with Crippen molar-refractivity contribution in [1.82, 2.24) is 29.9 Å². The van der Waals surface area contributed by atoms with Crippen LogP contribution in [-0.2, 0) is 17.9 Å². The Balaban J connectivity index is 1.50. The topological polar surface area (TPSA) is 77.6 Å². The highest BCUT2D eigenvalue weighted by atomic mass is 16.1. The number of rotatable bonds is 8. The zero-order chi connectivity index (χ0) is 13.3. The zero-order valence-electron chi connectivity index (χ0n) is 10.8. The predicted molar refractivity (Wildman–Crippen MR) is 69.1 cm³/mol. The molecule has 0 bridgehead atoms. The van der Waals surface area contributed by atoms with E-state index in [1.807, 2.05) is 17.0 Å². The lowest BCUT2D eigenvalue weighted by Gasteiger charge is -2.05. The molecular formula is C12H18N6O. The van der Waals surface area contributed by atoms with E-state index in [1.165, 1.54) is 0 Å². The molecular weight excluding hydrogens is 244 g/mol. The lowest BCUT2D eigenvalue weighted by molar-refractivity contribution is -0.121. The summed E-state index contributed by atoms with van der Waals surface area (Å²) in [5.74, 6) is 0.0960. The average Bonchev–Trinajstić information content (AvgIpc) is 3.07. The van der Waals surface area contributed by atoms with Crippen LogP contribution in [0.15, 0.2) is 31.1 Å². The van der Waals surface area contributed by atoms with Gasteiger partial charge in [-0.25, -0.2) is 4.98 Å². The molecule has 7 heteroatoms. The summed E-state index contributed by atoms with van der Waals surface area (Å²) < 4.78 is 3.73. The standard InChI is InChI=1S/C12H18N6O/c19-12(3-1-7-17-9-5-13-11-17)14-4-2-8-18-10-6-15-16-18/h5-6,9-11H,1-4,7-8H2,(H,14,19). The first-order valence-corrected chi connectivity index (χ1v) is 6.41. The van der Waals surface area contributed by atoms with Crippen LogP contribution in [0.5, 0.6) is 0 Å². The number of imidazole rings is 1. The van der Waals surface area contributed by atoms with Crippen molar-refractivity contribution >= 4 is 5.91 Å². The molecule has 7 nitrogen and oxygen atoms in total. The Hall–Kier alpha value is -2.18. The molecule has 0 aromatic carbocycles. The summed E-state index contributed by atoms with van der Waals surface area (Å²) in [5, 5.41) is 10.5. The van der Waals surface area contributed by atoms with Gasteiger partial charge in [0.2, 0.25) is 5.91 Å². The Morgan fingerprint density at radius 3 is 2.84 bits per heavy atom. The van der Waals surface area contributed by atoms with Gasteiger partial charge in [0.05, 0.1) is 12.5 Å². The van der Waals surface area contributed by atoms with Gasteiger partial charge in [0.15, 0.2) is 0 Å². The van der Waals surface area contributed by atoms with Gasteiger partial charge in [-0.1, -0.05) is 5.21 Å². The van der Waals surface area contributed by atoms with Crippen molar-refractivity contribution in [2.24, 2.45) is 0 Å². The maximum absolute atomic E-state index is 11.6. The van der Waals surface area contributed by atoms with Crippen molar-refractivity contribution < 1.29 is 4.79 Å². The van der Waals surface area contributed by atoms with E-state index >= 15 is 0 Å². The molecule has 0 aliphatic heterocycles. The lowest BCUT2D eigenvalue weighted by atomic mass is 10.3. The monoisotopic (exact) mass is 262 g/mol. The largest absolute Gasteiger partial charge is 0.356 e. The third kappa shape index (κ3) is 4.90. The zero-order valence-corrected chi connectivity index (χ0v) is 10.8. The van der Waals surface area contributed by atoms with Crippen molar-refractivity contribution in [1.29, 1.82) is 0 Å². The number of nitrogens with zero attached hydrogens (tertiary/aromatic N) is 5. The number of carbonyl (C=O) groups excluding carboxylic acids is 1. The molecule has 1 amide bonds. The third-order valence-corrected chi connectivity index (χ3v) is 2.74. The van der Waals surface area contributed by atoms with Crippen LogP contribution in [0.25, 0.3) is 0 Å². The van der Waals surface area contributed by atoms with Crippen molar-refractivity contribution in [3.8, 4) is 0 Å². The lowest BCUT2D eigenvalue weighted by Crippen LogP contribution is -2.25. The third-order valence-electron chi connectivity index (χ3n) is 2.74. The van der Waals surface area contributed by atoms with Crippen molar-refractivity contribution in [2.75, 3.05) is 6.54 Å². The fourth-order valence-electron chi connectivity index (χ4n) is 1.75. The summed E-state index contributed by atoms with van der Waals surface area (Å²) in [6, 6.07) is 0. The number of amides is 1. The van der Waals surface area contributed by atoms with Crippen LogP contribution in [0.2, 0.25) is 0 Å². The minimum atomic E-state index is 0.0960. The summed E-state index contributed by atoms with van der Waals surface area (Å²) in [4.78, 5) is 15.5. The SMILES string of the molecule is O=C(CCCn1ccnc1)NCCCn1ccnn1. The maximum Gasteiger partial charge on any atom is 0.220 e. The number of hydrogen-bond donors (Lipinski definition) is 1. The first-order valence-electron chi connectivity index (χ1n) is 6.41. The Morgan fingerprint density at radius 2 is 2.11 bits per heavy atom. The molecule has 2 aromatic rings. The van der Waals surface area contributed by atoms with Crippen LogP contribution in [-0.4, -0.2) is 37.0 Å². The Morgan fingerprint density at radius 1 is 1.16 bits per heavy atom. The molecule has 0 fully saturated rings. The van der Waals surface area contributed by atoms with Crippen molar-refractivity contribution in [3.05, 3.63) is 31.1 Å². The molecule has 2 rings (SSSR count). The second-order valence-electron chi connectivity index (χ2n) is 4.27. The van der Waals surface area contributed by atoms with E-state index in [0.717, 1.165) is 25.9 Å². The molecule has 0 aliphatic rings. The van der Waals surface area contributed by atoms with Crippen LogP contribution >= 0.6 is 0 Å². The molecule has 1 N–H and O–H groups in total. The number of aromatic nitrogens is 5. The summed E-state index contributed by atoms with van der Waals surface area (Å²) in [5.41, 5.74) is 0. The van der Waals surface area contributed by atoms with E-state index in [9.17, 15) is 4.79 Å². The molecule has 2 aromatic heterocycles. The van der Waals surface area contributed by atoms with Gasteiger partial charge in [0.25, 0.3) is 0 Å². The summed E-state index contributed by atoms with van der Waals surface area (Å²) in [6.45, 7) is 2.27. The summed E-state index contributed by atoms with van der Waals surface area (Å²) in [7, 11) is 0. The van der Waals surface area contributed by atoms with Gasteiger partial charge in [0, 0.05) is 44.6 Å². The molecule has 0 spiro atoms. The smallest absolute Gasteiger partial charge is 0.220 e. The van der Waals surface area contributed by atoms with Gasteiger partial charge in [0.1, 0.15) is 0 Å². The Labute approximate surface area is 111 Å². The van der Waals surface area contributed by atoms with Crippen molar-refractivity contribution in [3.63, 3.8) is 0 Å². The maximum atomic E-state index is 11.6. The van der Waals surface area contributed by atoms with Gasteiger partial charge in [-0.05, 0) is 12.8 Å². The average molecular weight is 262 g/mol. The molecule has 102 valence electrons. The molecule has 19 heavy (non-hydrogen) atoms. The van der Waals surface area contributed by atoms with Gasteiger partial charge >= 0.3 is 0 Å². The van der Waals surface area contributed by atoms with Gasteiger partial charge in [-0.3, -0.25) is 9.48 Å². The number of aryl methyl sites for hydroxylation is 2.